The smallest absolute Gasteiger partial charge is 0.339 e. The van der Waals surface area contributed by atoms with Gasteiger partial charge in [-0.05, 0) is 49.9 Å². The van der Waals surface area contributed by atoms with Gasteiger partial charge in [-0.15, -0.1) is 0 Å². The van der Waals surface area contributed by atoms with Crippen molar-refractivity contribution in [3.63, 3.8) is 0 Å². The Morgan fingerprint density at radius 2 is 1.75 bits per heavy atom. The topological polar surface area (TPSA) is 139 Å². The number of thioether (sulfide) groups is 1. The number of benzene rings is 2. The van der Waals surface area contributed by atoms with Gasteiger partial charge < -0.3 is 24.6 Å². The number of amides is 2. The SMILES string of the molecule is Cc1coc2c(C)c3oc(=O)c(CCC(=O)N[C@@H](CSCc4ccccc4)C(=O)NCCC(=O)O)c(C)c3cc12. The lowest BCUT2D eigenvalue weighted by Gasteiger charge is -2.18. The lowest BCUT2D eigenvalue weighted by molar-refractivity contribution is -0.137. The second kappa shape index (κ2) is 12.9. The largest absolute Gasteiger partial charge is 0.481 e. The number of nitrogens with one attached hydrogen (secondary N) is 2. The van der Waals surface area contributed by atoms with Gasteiger partial charge in [-0.25, -0.2) is 4.79 Å². The number of hydrogen-bond donors (Lipinski definition) is 3. The van der Waals surface area contributed by atoms with Gasteiger partial charge in [0.25, 0.3) is 0 Å². The minimum atomic E-state index is -1.03. The van der Waals surface area contributed by atoms with Crippen LogP contribution in [0.15, 0.2) is 56.3 Å². The summed E-state index contributed by atoms with van der Waals surface area (Å²) in [6, 6.07) is 10.8. The van der Waals surface area contributed by atoms with Crippen LogP contribution < -0.4 is 16.3 Å². The predicted octanol–water partition coefficient (Wildman–Crippen LogP) is 4.41. The van der Waals surface area contributed by atoms with Gasteiger partial charge >= 0.3 is 11.6 Å². The van der Waals surface area contributed by atoms with Gasteiger partial charge in [0.15, 0.2) is 0 Å². The highest BCUT2D eigenvalue weighted by molar-refractivity contribution is 7.98. The third kappa shape index (κ3) is 6.74. The minimum absolute atomic E-state index is 0.0225. The van der Waals surface area contributed by atoms with E-state index in [0.29, 0.717) is 28.2 Å². The van der Waals surface area contributed by atoms with Crippen molar-refractivity contribution >= 4 is 51.5 Å². The molecule has 2 amide bonds. The van der Waals surface area contributed by atoms with E-state index < -0.39 is 29.5 Å². The summed E-state index contributed by atoms with van der Waals surface area (Å²) in [5.74, 6) is -0.921. The molecule has 0 saturated carbocycles. The lowest BCUT2D eigenvalue weighted by atomic mass is 9.98. The van der Waals surface area contributed by atoms with Crippen LogP contribution in [0, 0.1) is 20.8 Å². The summed E-state index contributed by atoms with van der Waals surface area (Å²) >= 11 is 1.48. The number of carbonyl (C=O) groups excluding carboxylic acids is 2. The summed E-state index contributed by atoms with van der Waals surface area (Å²) in [7, 11) is 0. The zero-order chi connectivity index (χ0) is 28.8. The van der Waals surface area contributed by atoms with Crippen molar-refractivity contribution in [2.24, 2.45) is 0 Å². The normalized spacial score (nSPS) is 12.0. The first-order chi connectivity index (χ1) is 19.2. The number of fused-ring (bicyclic) bond motifs is 2. The van der Waals surface area contributed by atoms with Crippen LogP contribution in [0.5, 0.6) is 0 Å². The summed E-state index contributed by atoms with van der Waals surface area (Å²) < 4.78 is 11.3. The second-order valence-electron chi connectivity index (χ2n) is 9.72. The number of rotatable bonds is 12. The van der Waals surface area contributed by atoms with Gasteiger partial charge in [0.1, 0.15) is 17.2 Å². The maximum absolute atomic E-state index is 12.9. The van der Waals surface area contributed by atoms with E-state index in [1.165, 1.54) is 11.8 Å². The van der Waals surface area contributed by atoms with E-state index >= 15 is 0 Å². The van der Waals surface area contributed by atoms with E-state index in [1.807, 2.05) is 57.2 Å². The van der Waals surface area contributed by atoms with Crippen LogP contribution >= 0.6 is 11.8 Å². The van der Waals surface area contributed by atoms with Crippen LogP contribution in [0.1, 0.15) is 40.7 Å². The molecular formula is C30H32N2O7S. The Bertz CT molecular complexity index is 1610. The van der Waals surface area contributed by atoms with Crippen molar-refractivity contribution < 1.29 is 28.3 Å². The van der Waals surface area contributed by atoms with Gasteiger partial charge in [0.2, 0.25) is 11.8 Å². The first-order valence-corrected chi connectivity index (χ1v) is 14.2. The Morgan fingerprint density at radius 3 is 2.48 bits per heavy atom. The molecule has 4 rings (SSSR count). The summed E-state index contributed by atoms with van der Waals surface area (Å²) in [5, 5.41) is 15.9. The molecule has 10 heteroatoms. The molecule has 0 aliphatic carbocycles. The predicted molar refractivity (Wildman–Crippen MR) is 155 cm³/mol. The fraction of sp³-hybridized carbons (Fsp3) is 0.333. The van der Waals surface area contributed by atoms with Crippen LogP contribution in [0.2, 0.25) is 0 Å². The monoisotopic (exact) mass is 564 g/mol. The third-order valence-electron chi connectivity index (χ3n) is 6.82. The van der Waals surface area contributed by atoms with Crippen LogP contribution in [-0.2, 0) is 26.6 Å². The maximum Gasteiger partial charge on any atom is 0.339 e. The molecule has 4 aromatic rings. The quantitative estimate of drug-likeness (QED) is 0.215. The Kier molecular flexibility index (Phi) is 9.31. The summed E-state index contributed by atoms with van der Waals surface area (Å²) in [6.45, 7) is 5.60. The lowest BCUT2D eigenvalue weighted by Crippen LogP contribution is -2.48. The molecule has 0 spiro atoms. The Morgan fingerprint density at radius 1 is 1.00 bits per heavy atom. The molecule has 2 heterocycles. The van der Waals surface area contributed by atoms with Crippen molar-refractivity contribution in [1.29, 1.82) is 0 Å². The van der Waals surface area contributed by atoms with Crippen molar-refractivity contribution in [2.45, 2.75) is 51.8 Å². The number of carboxylic acids is 1. The standard InChI is InChI=1S/C30H32N2O7S/c1-17-14-38-27-19(3)28-23(13-22(17)27)18(2)21(30(37)39-28)9-10-25(33)32-24(29(36)31-12-11-26(34)35)16-40-15-20-7-5-4-6-8-20/h4-8,13-14,24H,9-12,15-16H2,1-3H3,(H,31,36)(H,32,33)(H,34,35)/t24-/m0/s1. The highest BCUT2D eigenvalue weighted by atomic mass is 32.2. The molecule has 0 fully saturated rings. The van der Waals surface area contributed by atoms with Crippen molar-refractivity contribution in [1.82, 2.24) is 10.6 Å². The van der Waals surface area contributed by atoms with Gasteiger partial charge in [-0.1, -0.05) is 30.3 Å². The molecule has 0 bridgehead atoms. The van der Waals surface area contributed by atoms with Crippen LogP contribution in [-0.4, -0.2) is 41.2 Å². The third-order valence-corrected chi connectivity index (χ3v) is 7.93. The molecule has 0 unspecified atom stereocenters. The Labute approximate surface area is 235 Å². The first kappa shape index (κ1) is 28.9. The number of aryl methyl sites for hydroxylation is 3. The van der Waals surface area contributed by atoms with E-state index in [9.17, 15) is 19.2 Å². The molecular weight excluding hydrogens is 532 g/mol. The van der Waals surface area contributed by atoms with Gasteiger partial charge in [0, 0.05) is 46.4 Å². The highest BCUT2D eigenvalue weighted by Gasteiger charge is 2.22. The molecule has 3 N–H and O–H groups in total. The molecule has 40 heavy (non-hydrogen) atoms. The molecule has 0 radical (unpaired) electrons. The Balaban J connectivity index is 1.46. The van der Waals surface area contributed by atoms with Gasteiger partial charge in [-0.2, -0.15) is 11.8 Å². The van der Waals surface area contributed by atoms with E-state index in [2.05, 4.69) is 10.6 Å². The minimum Gasteiger partial charge on any atom is -0.481 e. The number of hydrogen-bond acceptors (Lipinski definition) is 7. The Hall–Kier alpha value is -4.05. The number of carboxylic acid groups (broad SMARTS) is 1. The maximum atomic E-state index is 12.9. The summed E-state index contributed by atoms with van der Waals surface area (Å²) in [5.41, 5.74) is 4.59. The molecule has 9 nitrogen and oxygen atoms in total. The molecule has 0 aliphatic heterocycles. The van der Waals surface area contributed by atoms with E-state index in [4.69, 9.17) is 13.9 Å². The van der Waals surface area contributed by atoms with E-state index in [-0.39, 0.29) is 25.8 Å². The van der Waals surface area contributed by atoms with Crippen LogP contribution in [0.25, 0.3) is 21.9 Å². The molecule has 2 aromatic heterocycles. The molecule has 210 valence electrons. The van der Waals surface area contributed by atoms with E-state index in [1.54, 1.807) is 6.26 Å². The molecule has 0 saturated heterocycles. The summed E-state index contributed by atoms with van der Waals surface area (Å²) in [6.07, 6.45) is 1.57. The first-order valence-electron chi connectivity index (χ1n) is 13.0. The zero-order valence-corrected chi connectivity index (χ0v) is 23.5. The van der Waals surface area contributed by atoms with Crippen LogP contribution in [0.4, 0.5) is 0 Å². The second-order valence-corrected chi connectivity index (χ2v) is 10.8. The highest BCUT2D eigenvalue weighted by Crippen LogP contribution is 2.32. The number of carbonyl (C=O) groups is 3. The van der Waals surface area contributed by atoms with Gasteiger partial charge in [0.05, 0.1) is 12.7 Å². The van der Waals surface area contributed by atoms with Crippen molar-refractivity contribution in [2.75, 3.05) is 12.3 Å². The zero-order valence-electron chi connectivity index (χ0n) is 22.7. The van der Waals surface area contributed by atoms with Crippen LogP contribution in [0.3, 0.4) is 0 Å². The average molecular weight is 565 g/mol. The van der Waals surface area contributed by atoms with Crippen molar-refractivity contribution in [3.8, 4) is 0 Å². The molecule has 0 aliphatic rings. The fourth-order valence-corrected chi connectivity index (χ4v) is 5.60. The fourth-order valence-electron chi connectivity index (χ4n) is 4.58. The van der Waals surface area contributed by atoms with Gasteiger partial charge in [-0.3, -0.25) is 14.4 Å². The number of furan rings is 1. The molecule has 1 atom stereocenters. The number of aliphatic carboxylic acids is 1. The average Bonchev–Trinajstić information content (AvgIpc) is 3.29. The molecule has 2 aromatic carbocycles. The van der Waals surface area contributed by atoms with Crippen molar-refractivity contribution in [3.05, 3.63) is 80.9 Å². The summed E-state index contributed by atoms with van der Waals surface area (Å²) in [4.78, 5) is 49.4. The van der Waals surface area contributed by atoms with E-state index in [0.717, 1.165) is 33.0 Å².